The highest BCUT2D eigenvalue weighted by molar-refractivity contribution is 6.07. The van der Waals surface area contributed by atoms with Crippen molar-refractivity contribution in [3.05, 3.63) is 102 Å². The molecule has 0 radical (unpaired) electrons. The first-order chi connectivity index (χ1) is 21.1. The summed E-state index contributed by atoms with van der Waals surface area (Å²) >= 11 is 0. The fourth-order valence-corrected chi connectivity index (χ4v) is 5.24. The number of anilines is 2. The third-order valence-corrected chi connectivity index (χ3v) is 7.71. The van der Waals surface area contributed by atoms with Gasteiger partial charge in [0.2, 0.25) is 5.91 Å². The van der Waals surface area contributed by atoms with Gasteiger partial charge in [0.1, 0.15) is 11.9 Å². The number of methoxy groups -OCH3 is 1. The maximum Gasteiger partial charge on any atom is 0.264 e. The molecule has 4 rings (SSSR count). The van der Waals surface area contributed by atoms with E-state index in [4.69, 9.17) is 4.74 Å². The summed E-state index contributed by atoms with van der Waals surface area (Å²) in [7, 11) is 1.50. The van der Waals surface area contributed by atoms with Crippen LogP contribution in [-0.4, -0.2) is 64.3 Å². The van der Waals surface area contributed by atoms with Gasteiger partial charge in [-0.25, -0.2) is 0 Å². The van der Waals surface area contributed by atoms with E-state index in [-0.39, 0.29) is 32.0 Å². The molecule has 0 saturated carbocycles. The van der Waals surface area contributed by atoms with Crippen LogP contribution in [0.4, 0.5) is 11.4 Å². The van der Waals surface area contributed by atoms with Gasteiger partial charge in [0.05, 0.1) is 25.9 Å². The Balaban J connectivity index is 1.55. The number of hydrogen-bond donors (Lipinski definition) is 4. The molecule has 4 N–H and O–H groups in total. The standard InChI is InChI=1S/C34H39N3O7/c1-23(9-7-14-31(40)36(17-18-38)21-25-10-5-4-6-11-25)34(43)29-20-28(44-3)15-16-30(29)37(33(34)42)22-26-12-8-13-27(19-26)35-32(41)24(2)39/h4-13,15-16,19-20,23-24,38-39,43H,14,17-18,21-22H2,1-3H3,(H,35,41)/b9-7+/t23-,24+,34+/m1/s1. The van der Waals surface area contributed by atoms with Crippen LogP contribution in [0.2, 0.25) is 0 Å². The number of benzene rings is 3. The van der Waals surface area contributed by atoms with E-state index >= 15 is 0 Å². The molecule has 0 aromatic heterocycles. The van der Waals surface area contributed by atoms with Gasteiger partial charge in [-0.15, -0.1) is 0 Å². The molecular weight excluding hydrogens is 562 g/mol. The maximum atomic E-state index is 14.0. The van der Waals surface area contributed by atoms with E-state index in [1.807, 2.05) is 30.3 Å². The number of ether oxygens (including phenoxy) is 1. The van der Waals surface area contributed by atoms with Gasteiger partial charge in [-0.3, -0.25) is 14.4 Å². The summed E-state index contributed by atoms with van der Waals surface area (Å²) in [6.45, 7) is 3.58. The van der Waals surface area contributed by atoms with Crippen molar-refractivity contribution in [1.82, 2.24) is 4.90 Å². The van der Waals surface area contributed by atoms with Crippen molar-refractivity contribution < 1.29 is 34.4 Å². The number of aliphatic hydroxyl groups is 3. The molecular formula is C34H39N3O7. The van der Waals surface area contributed by atoms with Gasteiger partial charge in [-0.05, 0) is 48.4 Å². The third-order valence-electron chi connectivity index (χ3n) is 7.71. The van der Waals surface area contributed by atoms with E-state index in [0.29, 0.717) is 34.8 Å². The highest BCUT2D eigenvalue weighted by Crippen LogP contribution is 2.47. The van der Waals surface area contributed by atoms with Gasteiger partial charge in [-0.2, -0.15) is 0 Å². The number of nitrogens with zero attached hydrogens (tertiary/aromatic N) is 2. The van der Waals surface area contributed by atoms with Gasteiger partial charge in [0, 0.05) is 36.7 Å². The van der Waals surface area contributed by atoms with Gasteiger partial charge in [-0.1, -0.05) is 61.5 Å². The lowest BCUT2D eigenvalue weighted by molar-refractivity contribution is -0.139. The highest BCUT2D eigenvalue weighted by atomic mass is 16.5. The molecule has 3 aromatic carbocycles. The summed E-state index contributed by atoms with van der Waals surface area (Å²) in [5, 5.41) is 33.7. The zero-order valence-corrected chi connectivity index (χ0v) is 25.1. The Hall–Kier alpha value is -4.51. The Morgan fingerprint density at radius 1 is 1.05 bits per heavy atom. The minimum absolute atomic E-state index is 0.0289. The Labute approximate surface area is 257 Å². The number of amides is 3. The van der Waals surface area contributed by atoms with Crippen LogP contribution < -0.4 is 15.0 Å². The molecule has 1 heterocycles. The fourth-order valence-electron chi connectivity index (χ4n) is 5.24. The lowest BCUT2D eigenvalue weighted by Gasteiger charge is -2.28. The SMILES string of the molecule is COc1ccc2c(c1)[C@@](O)([C@H](C)/C=C/CC(=O)N(CCO)Cc1ccccc1)C(=O)N2Cc1cccc(NC(=O)[C@H](C)O)c1. The predicted octanol–water partition coefficient (Wildman–Crippen LogP) is 3.35. The predicted molar refractivity (Wildman–Crippen MR) is 167 cm³/mol. The molecule has 3 aromatic rings. The largest absolute Gasteiger partial charge is 0.497 e. The molecule has 44 heavy (non-hydrogen) atoms. The molecule has 10 heteroatoms. The minimum Gasteiger partial charge on any atom is -0.497 e. The number of aliphatic hydroxyl groups excluding tert-OH is 2. The number of rotatable bonds is 13. The van der Waals surface area contributed by atoms with Crippen molar-refractivity contribution in [2.75, 3.05) is 30.5 Å². The molecule has 3 atom stereocenters. The first-order valence-corrected chi connectivity index (χ1v) is 14.5. The average molecular weight is 602 g/mol. The summed E-state index contributed by atoms with van der Waals surface area (Å²) in [5.74, 6) is -1.51. The molecule has 0 spiro atoms. The Morgan fingerprint density at radius 2 is 1.77 bits per heavy atom. The zero-order chi connectivity index (χ0) is 31.9. The van der Waals surface area contributed by atoms with E-state index in [0.717, 1.165) is 5.56 Å². The number of fused-ring (bicyclic) bond motifs is 1. The van der Waals surface area contributed by atoms with Crippen LogP contribution in [0.15, 0.2) is 84.9 Å². The molecule has 1 aliphatic heterocycles. The van der Waals surface area contributed by atoms with E-state index < -0.39 is 29.4 Å². The molecule has 232 valence electrons. The zero-order valence-electron chi connectivity index (χ0n) is 25.1. The van der Waals surface area contributed by atoms with Crippen LogP contribution in [0.25, 0.3) is 0 Å². The molecule has 0 fully saturated rings. The average Bonchev–Trinajstić information content (AvgIpc) is 3.23. The third kappa shape index (κ3) is 7.16. The van der Waals surface area contributed by atoms with E-state index in [1.165, 1.54) is 18.9 Å². The number of hydrogen-bond acceptors (Lipinski definition) is 7. The van der Waals surface area contributed by atoms with E-state index in [1.54, 1.807) is 66.4 Å². The molecule has 3 amide bonds. The Bertz CT molecular complexity index is 1510. The van der Waals surface area contributed by atoms with Crippen molar-refractivity contribution in [1.29, 1.82) is 0 Å². The second kappa shape index (κ2) is 14.3. The fraction of sp³-hybridized carbons (Fsp3) is 0.324. The Kier molecular flexibility index (Phi) is 10.5. The van der Waals surface area contributed by atoms with Gasteiger partial charge < -0.3 is 35.2 Å². The molecule has 0 saturated heterocycles. The van der Waals surface area contributed by atoms with E-state index in [2.05, 4.69) is 5.32 Å². The normalized spacial score (nSPS) is 17.3. The van der Waals surface area contributed by atoms with Crippen molar-refractivity contribution in [3.63, 3.8) is 0 Å². The molecule has 0 bridgehead atoms. The monoisotopic (exact) mass is 601 g/mol. The summed E-state index contributed by atoms with van der Waals surface area (Å²) in [6.07, 6.45) is 2.15. The minimum atomic E-state index is -1.93. The summed E-state index contributed by atoms with van der Waals surface area (Å²) in [6, 6.07) is 21.5. The second-order valence-electron chi connectivity index (χ2n) is 10.9. The van der Waals surface area contributed by atoms with Crippen molar-refractivity contribution in [2.24, 2.45) is 5.92 Å². The lowest BCUT2D eigenvalue weighted by Crippen LogP contribution is -2.44. The van der Waals surface area contributed by atoms with Crippen LogP contribution >= 0.6 is 0 Å². The second-order valence-corrected chi connectivity index (χ2v) is 10.9. The lowest BCUT2D eigenvalue weighted by atomic mass is 9.83. The smallest absolute Gasteiger partial charge is 0.264 e. The van der Waals surface area contributed by atoms with Gasteiger partial charge in [0.25, 0.3) is 11.8 Å². The number of carbonyl (C=O) groups excluding carboxylic acids is 3. The molecule has 0 aliphatic carbocycles. The number of carbonyl (C=O) groups is 3. The summed E-state index contributed by atoms with van der Waals surface area (Å²) in [5.41, 5.74) is 1.08. The maximum absolute atomic E-state index is 14.0. The van der Waals surface area contributed by atoms with Crippen molar-refractivity contribution in [2.45, 2.75) is 45.1 Å². The molecule has 0 unspecified atom stereocenters. The quantitative estimate of drug-likeness (QED) is 0.220. The van der Waals surface area contributed by atoms with Crippen LogP contribution in [-0.2, 0) is 33.1 Å². The Morgan fingerprint density at radius 3 is 2.45 bits per heavy atom. The van der Waals surface area contributed by atoms with Gasteiger partial charge >= 0.3 is 0 Å². The highest BCUT2D eigenvalue weighted by Gasteiger charge is 2.52. The van der Waals surface area contributed by atoms with E-state index in [9.17, 15) is 29.7 Å². The first kappa shape index (κ1) is 32.4. The van der Waals surface area contributed by atoms with Crippen LogP contribution in [0.5, 0.6) is 5.75 Å². The van der Waals surface area contributed by atoms with Crippen LogP contribution in [0.3, 0.4) is 0 Å². The van der Waals surface area contributed by atoms with Crippen molar-refractivity contribution in [3.8, 4) is 5.75 Å². The number of nitrogens with one attached hydrogen (secondary N) is 1. The summed E-state index contributed by atoms with van der Waals surface area (Å²) < 4.78 is 5.39. The summed E-state index contributed by atoms with van der Waals surface area (Å²) in [4.78, 5) is 42.0. The first-order valence-electron chi connectivity index (χ1n) is 14.5. The topological polar surface area (TPSA) is 140 Å². The molecule has 1 aliphatic rings. The van der Waals surface area contributed by atoms with Gasteiger partial charge in [0.15, 0.2) is 5.60 Å². The van der Waals surface area contributed by atoms with Crippen molar-refractivity contribution >= 4 is 29.1 Å². The van der Waals surface area contributed by atoms with Crippen LogP contribution in [0, 0.1) is 5.92 Å². The van der Waals surface area contributed by atoms with Crippen LogP contribution in [0.1, 0.15) is 37.0 Å². The molecule has 10 nitrogen and oxygen atoms in total.